The van der Waals surface area contributed by atoms with Gasteiger partial charge < -0.3 is 15.5 Å². The molecule has 2 aromatic rings. The summed E-state index contributed by atoms with van der Waals surface area (Å²) in [6.07, 6.45) is 1.60. The second-order valence-corrected chi connectivity index (χ2v) is 10.3. The number of para-hydroxylation sites is 1. The van der Waals surface area contributed by atoms with Gasteiger partial charge in [0.1, 0.15) is 0 Å². The van der Waals surface area contributed by atoms with Crippen molar-refractivity contribution in [1.29, 1.82) is 0 Å². The smallest absolute Gasteiger partial charge is 0.241 e. The van der Waals surface area contributed by atoms with Crippen LogP contribution in [0.5, 0.6) is 0 Å². The number of nitrogens with zero attached hydrogens (tertiary/aromatic N) is 2. The monoisotopic (exact) mass is 462 g/mol. The van der Waals surface area contributed by atoms with Crippen molar-refractivity contribution < 1.29 is 9.59 Å². The van der Waals surface area contributed by atoms with Gasteiger partial charge in [-0.05, 0) is 50.8 Å². The van der Waals surface area contributed by atoms with E-state index in [1.54, 1.807) is 0 Å². The van der Waals surface area contributed by atoms with Gasteiger partial charge in [0, 0.05) is 36.9 Å². The summed E-state index contributed by atoms with van der Waals surface area (Å²) >= 11 is 0. The van der Waals surface area contributed by atoms with Crippen molar-refractivity contribution in [2.24, 2.45) is 5.92 Å². The van der Waals surface area contributed by atoms with E-state index in [0.29, 0.717) is 19.6 Å². The van der Waals surface area contributed by atoms with Crippen LogP contribution in [0.15, 0.2) is 54.6 Å². The number of nitrogens with one attached hydrogen (secondary N) is 2. The average molecular weight is 463 g/mol. The topological polar surface area (TPSA) is 64.7 Å². The van der Waals surface area contributed by atoms with Crippen LogP contribution in [0.1, 0.15) is 50.8 Å². The zero-order valence-corrected chi connectivity index (χ0v) is 20.9. The lowest BCUT2D eigenvalue weighted by Gasteiger charge is -2.51. The number of hydrogen-bond donors (Lipinski definition) is 2. The van der Waals surface area contributed by atoms with E-state index < -0.39 is 0 Å². The van der Waals surface area contributed by atoms with Crippen LogP contribution >= 0.6 is 0 Å². The first-order chi connectivity index (χ1) is 16.3. The zero-order valence-electron chi connectivity index (χ0n) is 20.9. The van der Waals surface area contributed by atoms with Crippen molar-refractivity contribution in [3.8, 4) is 0 Å². The Labute approximate surface area is 203 Å². The molecule has 0 bridgehead atoms. The maximum Gasteiger partial charge on any atom is 0.241 e. The van der Waals surface area contributed by atoms with E-state index in [1.807, 2.05) is 41.3 Å². The molecule has 0 spiro atoms. The van der Waals surface area contributed by atoms with E-state index in [9.17, 15) is 9.59 Å². The van der Waals surface area contributed by atoms with Crippen LogP contribution in [0.3, 0.4) is 0 Å². The normalized spacial score (nSPS) is 24.0. The van der Waals surface area contributed by atoms with Gasteiger partial charge in [-0.15, -0.1) is 0 Å². The molecule has 182 valence electrons. The molecule has 0 aliphatic carbocycles. The van der Waals surface area contributed by atoms with Crippen molar-refractivity contribution in [3.05, 3.63) is 65.7 Å². The molecule has 1 unspecified atom stereocenters. The Morgan fingerprint density at radius 1 is 1.12 bits per heavy atom. The van der Waals surface area contributed by atoms with Crippen LogP contribution < -0.4 is 15.5 Å². The van der Waals surface area contributed by atoms with Gasteiger partial charge in [-0.3, -0.25) is 14.5 Å². The summed E-state index contributed by atoms with van der Waals surface area (Å²) < 4.78 is 0. The molecule has 2 aliphatic heterocycles. The predicted molar refractivity (Wildman–Crippen MR) is 137 cm³/mol. The van der Waals surface area contributed by atoms with Gasteiger partial charge in [0.2, 0.25) is 11.8 Å². The number of anilines is 1. The highest BCUT2D eigenvalue weighted by molar-refractivity contribution is 5.96. The summed E-state index contributed by atoms with van der Waals surface area (Å²) in [5, 5.41) is 6.74. The molecule has 2 aromatic carbocycles. The number of carbonyl (C=O) groups is 2. The van der Waals surface area contributed by atoms with E-state index >= 15 is 0 Å². The zero-order chi connectivity index (χ0) is 24.3. The largest absolute Gasteiger partial charge is 0.349 e. The lowest BCUT2D eigenvalue weighted by atomic mass is 9.88. The minimum absolute atomic E-state index is 0.0183. The minimum Gasteiger partial charge on any atom is -0.349 e. The molecule has 6 nitrogen and oxygen atoms in total. The molecule has 4 rings (SSSR count). The van der Waals surface area contributed by atoms with Crippen molar-refractivity contribution in [2.75, 3.05) is 31.1 Å². The Hall–Kier alpha value is -2.70. The van der Waals surface area contributed by atoms with Crippen molar-refractivity contribution in [2.45, 2.75) is 58.2 Å². The molecule has 6 heteroatoms. The number of carbonyl (C=O) groups excluding carboxylic acids is 2. The summed E-state index contributed by atoms with van der Waals surface area (Å²) in [6.45, 7) is 11.0. The van der Waals surface area contributed by atoms with Crippen LogP contribution in [0, 0.1) is 12.8 Å². The van der Waals surface area contributed by atoms with Crippen LogP contribution in [0.2, 0.25) is 0 Å². The van der Waals surface area contributed by atoms with E-state index in [-0.39, 0.29) is 35.4 Å². The van der Waals surface area contributed by atoms with Crippen molar-refractivity contribution in [3.63, 3.8) is 0 Å². The van der Waals surface area contributed by atoms with Crippen LogP contribution in [0.25, 0.3) is 0 Å². The SMILES string of the molecule is CCC(NC(=O)[C@@H]1CNC[C@H](N2CC(=O)N(c3ccccc3C)CC2(C)C)C1)c1ccccc1. The Bertz CT molecular complexity index is 1010. The summed E-state index contributed by atoms with van der Waals surface area (Å²) in [4.78, 5) is 30.7. The fourth-order valence-corrected chi connectivity index (χ4v) is 5.47. The van der Waals surface area contributed by atoms with E-state index in [1.165, 1.54) is 0 Å². The molecule has 0 aromatic heterocycles. The number of rotatable bonds is 6. The number of piperidine rings is 1. The summed E-state index contributed by atoms with van der Waals surface area (Å²) in [5.41, 5.74) is 3.04. The van der Waals surface area contributed by atoms with Crippen LogP contribution in [-0.4, -0.2) is 54.5 Å². The molecule has 2 amide bonds. The van der Waals surface area contributed by atoms with Gasteiger partial charge in [-0.25, -0.2) is 0 Å². The second-order valence-electron chi connectivity index (χ2n) is 10.3. The molecule has 34 heavy (non-hydrogen) atoms. The van der Waals surface area contributed by atoms with Gasteiger partial charge >= 0.3 is 0 Å². The molecule has 0 saturated carbocycles. The van der Waals surface area contributed by atoms with Crippen LogP contribution in [0.4, 0.5) is 5.69 Å². The molecule has 2 N–H and O–H groups in total. The fraction of sp³-hybridized carbons (Fsp3) is 0.500. The Kier molecular flexibility index (Phi) is 7.39. The third-order valence-electron chi connectivity index (χ3n) is 7.40. The Balaban J connectivity index is 1.44. The molecule has 2 heterocycles. The fourth-order valence-electron chi connectivity index (χ4n) is 5.47. The van der Waals surface area contributed by atoms with Gasteiger partial charge in [-0.2, -0.15) is 0 Å². The lowest BCUT2D eigenvalue weighted by Crippen LogP contribution is -2.67. The first-order valence-corrected chi connectivity index (χ1v) is 12.5. The predicted octanol–water partition coefficient (Wildman–Crippen LogP) is 3.67. The summed E-state index contributed by atoms with van der Waals surface area (Å²) in [6, 6.07) is 18.4. The van der Waals surface area contributed by atoms with E-state index in [2.05, 4.69) is 61.4 Å². The Morgan fingerprint density at radius 2 is 1.82 bits per heavy atom. The lowest BCUT2D eigenvalue weighted by molar-refractivity contribution is -0.129. The van der Waals surface area contributed by atoms with Gasteiger partial charge in [0.15, 0.2) is 0 Å². The summed E-state index contributed by atoms with van der Waals surface area (Å²) in [7, 11) is 0. The Morgan fingerprint density at radius 3 is 2.53 bits per heavy atom. The maximum atomic E-state index is 13.2. The number of aryl methyl sites for hydroxylation is 1. The van der Waals surface area contributed by atoms with Gasteiger partial charge in [-0.1, -0.05) is 55.5 Å². The number of amides is 2. The quantitative estimate of drug-likeness (QED) is 0.688. The molecule has 2 fully saturated rings. The molecular formula is C28H38N4O2. The minimum atomic E-state index is -0.198. The van der Waals surface area contributed by atoms with E-state index in [4.69, 9.17) is 0 Å². The van der Waals surface area contributed by atoms with Crippen molar-refractivity contribution >= 4 is 17.5 Å². The number of hydrogen-bond acceptors (Lipinski definition) is 4. The number of benzene rings is 2. The van der Waals surface area contributed by atoms with Crippen LogP contribution in [-0.2, 0) is 9.59 Å². The summed E-state index contributed by atoms with van der Waals surface area (Å²) in [5.74, 6) is 0.0997. The molecular weight excluding hydrogens is 424 g/mol. The average Bonchev–Trinajstić information content (AvgIpc) is 2.84. The molecule has 3 atom stereocenters. The van der Waals surface area contributed by atoms with Crippen molar-refractivity contribution in [1.82, 2.24) is 15.5 Å². The molecule has 2 saturated heterocycles. The maximum absolute atomic E-state index is 13.2. The highest BCUT2D eigenvalue weighted by atomic mass is 16.2. The van der Waals surface area contributed by atoms with E-state index in [0.717, 1.165) is 36.2 Å². The molecule has 2 aliphatic rings. The standard InChI is InChI=1S/C28H38N4O2/c1-5-24(21-12-7-6-8-13-21)30-27(34)22-15-23(17-29-16-22)32-18-26(33)31(19-28(32,3)4)25-14-10-9-11-20(25)2/h6-14,22-24,29H,5,15-19H2,1-4H3,(H,30,34)/t22-,23+,24?/m0/s1. The molecule has 0 radical (unpaired) electrons. The first kappa shape index (κ1) is 24.4. The van der Waals surface area contributed by atoms with Gasteiger partial charge in [0.05, 0.1) is 18.5 Å². The third kappa shape index (κ3) is 5.18. The highest BCUT2D eigenvalue weighted by Crippen LogP contribution is 2.32. The third-order valence-corrected chi connectivity index (χ3v) is 7.40. The number of piperazine rings is 1. The first-order valence-electron chi connectivity index (χ1n) is 12.5. The highest BCUT2D eigenvalue weighted by Gasteiger charge is 2.44. The second kappa shape index (κ2) is 10.3. The van der Waals surface area contributed by atoms with Gasteiger partial charge in [0.25, 0.3) is 0 Å².